The number of aryl methyl sites for hydroxylation is 1. The van der Waals surface area contributed by atoms with Crippen LogP contribution in [-0.4, -0.2) is 28.3 Å². The van der Waals surface area contributed by atoms with Gasteiger partial charge in [0.25, 0.3) is 0 Å². The maximum Gasteiger partial charge on any atom is 0.312 e. The van der Waals surface area contributed by atoms with E-state index in [9.17, 15) is 9.90 Å². The summed E-state index contributed by atoms with van der Waals surface area (Å²) in [6.45, 7) is 1.97. The minimum absolute atomic E-state index is 0.125. The molecule has 3 rings (SSSR count). The van der Waals surface area contributed by atoms with Gasteiger partial charge >= 0.3 is 5.97 Å². The molecule has 4 nitrogen and oxygen atoms in total. The van der Waals surface area contributed by atoms with Crippen molar-refractivity contribution in [3.63, 3.8) is 0 Å². The lowest BCUT2D eigenvalue weighted by molar-refractivity contribution is -0.152. The van der Waals surface area contributed by atoms with Crippen molar-refractivity contribution < 1.29 is 14.6 Å². The highest BCUT2D eigenvalue weighted by Crippen LogP contribution is 2.49. The maximum absolute atomic E-state index is 11.7. The van der Waals surface area contributed by atoms with Crippen molar-refractivity contribution >= 4 is 5.97 Å². The highest BCUT2D eigenvalue weighted by molar-refractivity contribution is 5.76. The molecule has 0 spiro atoms. The minimum Gasteiger partial charge on any atom is -0.481 e. The maximum atomic E-state index is 11.7. The number of ether oxygens (including phenoxy) is 1. The molecule has 2 bridgehead atoms. The van der Waals surface area contributed by atoms with Gasteiger partial charge in [0.05, 0.1) is 12.2 Å². The van der Waals surface area contributed by atoms with Crippen LogP contribution in [0.5, 0.6) is 0 Å². The lowest BCUT2D eigenvalue weighted by Crippen LogP contribution is -2.42. The number of carboxylic acid groups (broad SMARTS) is 1. The summed E-state index contributed by atoms with van der Waals surface area (Å²) in [5, 5.41) is 9.62. The zero-order valence-electron chi connectivity index (χ0n) is 10.4. The number of aliphatic carboxylic acids is 1. The van der Waals surface area contributed by atoms with Crippen LogP contribution in [0.1, 0.15) is 30.4 Å². The summed E-state index contributed by atoms with van der Waals surface area (Å²) >= 11 is 0. The van der Waals surface area contributed by atoms with Crippen LogP contribution >= 0.6 is 0 Å². The fourth-order valence-corrected chi connectivity index (χ4v) is 3.37. The second-order valence-corrected chi connectivity index (χ2v) is 5.54. The van der Waals surface area contributed by atoms with Crippen molar-refractivity contribution in [1.29, 1.82) is 0 Å². The van der Waals surface area contributed by atoms with Crippen molar-refractivity contribution in [2.24, 2.45) is 5.41 Å². The van der Waals surface area contributed by atoms with Gasteiger partial charge < -0.3 is 9.84 Å². The van der Waals surface area contributed by atoms with E-state index >= 15 is 0 Å². The zero-order valence-corrected chi connectivity index (χ0v) is 10.4. The van der Waals surface area contributed by atoms with Gasteiger partial charge in [0.1, 0.15) is 5.41 Å². The van der Waals surface area contributed by atoms with Crippen molar-refractivity contribution in [1.82, 2.24) is 4.98 Å². The highest BCUT2D eigenvalue weighted by atomic mass is 16.5. The molecule has 1 N–H and O–H groups in total. The number of hydrogen-bond acceptors (Lipinski definition) is 3. The van der Waals surface area contributed by atoms with Crippen molar-refractivity contribution in [3.8, 4) is 0 Å². The van der Waals surface area contributed by atoms with Gasteiger partial charge in [0, 0.05) is 12.4 Å². The SMILES string of the molecule is Cc1cncc(CC2(C(=O)O)CC3CCC2O3)c1. The van der Waals surface area contributed by atoms with E-state index in [0.717, 1.165) is 24.0 Å². The Bertz CT molecular complexity index is 488. The van der Waals surface area contributed by atoms with E-state index in [2.05, 4.69) is 4.98 Å². The van der Waals surface area contributed by atoms with Crippen LogP contribution in [-0.2, 0) is 16.0 Å². The number of nitrogens with zero attached hydrogens (tertiary/aromatic N) is 1. The second-order valence-electron chi connectivity index (χ2n) is 5.54. The first-order valence-corrected chi connectivity index (χ1v) is 6.39. The molecule has 2 saturated heterocycles. The van der Waals surface area contributed by atoms with Crippen LogP contribution in [0.25, 0.3) is 0 Å². The molecular weight excluding hydrogens is 230 g/mol. The van der Waals surface area contributed by atoms with Gasteiger partial charge in [-0.2, -0.15) is 0 Å². The first-order valence-electron chi connectivity index (χ1n) is 6.39. The molecule has 3 atom stereocenters. The molecule has 0 aromatic carbocycles. The monoisotopic (exact) mass is 247 g/mol. The third-order valence-corrected chi connectivity index (χ3v) is 4.19. The molecule has 1 aromatic heterocycles. The lowest BCUT2D eigenvalue weighted by Gasteiger charge is -2.30. The van der Waals surface area contributed by atoms with Crippen LogP contribution in [0.2, 0.25) is 0 Å². The van der Waals surface area contributed by atoms with Gasteiger partial charge in [-0.1, -0.05) is 6.07 Å². The Kier molecular flexibility index (Phi) is 2.63. The molecule has 4 heteroatoms. The van der Waals surface area contributed by atoms with Crippen LogP contribution in [0, 0.1) is 12.3 Å². The lowest BCUT2D eigenvalue weighted by atomic mass is 9.70. The summed E-state index contributed by atoms with van der Waals surface area (Å²) in [4.78, 5) is 15.8. The van der Waals surface area contributed by atoms with Crippen LogP contribution < -0.4 is 0 Å². The van der Waals surface area contributed by atoms with Gasteiger partial charge in [-0.15, -0.1) is 0 Å². The minimum atomic E-state index is -0.738. The molecule has 0 saturated carbocycles. The van der Waals surface area contributed by atoms with Gasteiger partial charge in [-0.05, 0) is 43.7 Å². The number of carbonyl (C=O) groups is 1. The third kappa shape index (κ3) is 1.72. The number of hydrogen-bond donors (Lipinski definition) is 1. The second kappa shape index (κ2) is 4.05. The molecule has 0 aliphatic carbocycles. The van der Waals surface area contributed by atoms with E-state index in [1.165, 1.54) is 0 Å². The molecular formula is C14H17NO3. The van der Waals surface area contributed by atoms with E-state index < -0.39 is 11.4 Å². The van der Waals surface area contributed by atoms with Crippen molar-refractivity contribution in [3.05, 3.63) is 29.6 Å². The molecule has 0 amide bonds. The first-order chi connectivity index (χ1) is 8.60. The molecule has 0 radical (unpaired) electrons. The fraction of sp³-hybridized carbons (Fsp3) is 0.571. The normalized spacial score (nSPS) is 33.8. The summed E-state index contributed by atoms with van der Waals surface area (Å²) in [6.07, 6.45) is 6.61. The molecule has 3 unspecified atom stereocenters. The van der Waals surface area contributed by atoms with Gasteiger partial charge in [-0.3, -0.25) is 9.78 Å². The highest BCUT2D eigenvalue weighted by Gasteiger charge is 2.57. The quantitative estimate of drug-likeness (QED) is 0.887. The average Bonchev–Trinajstić information content (AvgIpc) is 2.89. The van der Waals surface area contributed by atoms with E-state index in [-0.39, 0.29) is 12.2 Å². The van der Waals surface area contributed by atoms with E-state index in [1.54, 1.807) is 12.4 Å². The fourth-order valence-electron chi connectivity index (χ4n) is 3.37. The van der Waals surface area contributed by atoms with Gasteiger partial charge in [0.15, 0.2) is 0 Å². The van der Waals surface area contributed by atoms with E-state index in [0.29, 0.717) is 12.8 Å². The average molecular weight is 247 g/mol. The van der Waals surface area contributed by atoms with Gasteiger partial charge in [0.2, 0.25) is 0 Å². The van der Waals surface area contributed by atoms with Gasteiger partial charge in [-0.25, -0.2) is 0 Å². The number of aromatic nitrogens is 1. The summed E-state index contributed by atoms with van der Waals surface area (Å²) in [6, 6.07) is 2.02. The Morgan fingerprint density at radius 2 is 2.39 bits per heavy atom. The predicted octanol–water partition coefficient (Wildman–Crippen LogP) is 1.95. The van der Waals surface area contributed by atoms with E-state index in [4.69, 9.17) is 4.74 Å². The topological polar surface area (TPSA) is 59.4 Å². The Hall–Kier alpha value is -1.42. The predicted molar refractivity (Wildman–Crippen MR) is 65.3 cm³/mol. The summed E-state index contributed by atoms with van der Waals surface area (Å²) in [5.74, 6) is -0.726. The van der Waals surface area contributed by atoms with Crippen LogP contribution in [0.3, 0.4) is 0 Å². The Labute approximate surface area is 106 Å². The Morgan fingerprint density at radius 3 is 2.94 bits per heavy atom. The van der Waals surface area contributed by atoms with Crippen LogP contribution in [0.4, 0.5) is 0 Å². The third-order valence-electron chi connectivity index (χ3n) is 4.19. The van der Waals surface area contributed by atoms with Crippen molar-refractivity contribution in [2.45, 2.75) is 44.8 Å². The largest absolute Gasteiger partial charge is 0.481 e. The molecule has 18 heavy (non-hydrogen) atoms. The number of carboxylic acids is 1. The Morgan fingerprint density at radius 1 is 1.56 bits per heavy atom. The molecule has 96 valence electrons. The number of fused-ring (bicyclic) bond motifs is 2. The van der Waals surface area contributed by atoms with E-state index in [1.807, 2.05) is 13.0 Å². The zero-order chi connectivity index (χ0) is 12.8. The smallest absolute Gasteiger partial charge is 0.312 e. The summed E-state index contributed by atoms with van der Waals surface area (Å²) in [5.41, 5.74) is 1.32. The summed E-state index contributed by atoms with van der Waals surface area (Å²) < 4.78 is 5.75. The molecule has 2 aliphatic heterocycles. The van der Waals surface area contributed by atoms with Crippen molar-refractivity contribution in [2.75, 3.05) is 0 Å². The first kappa shape index (κ1) is 11.7. The molecule has 2 fully saturated rings. The Balaban J connectivity index is 1.90. The van der Waals surface area contributed by atoms with Crippen LogP contribution in [0.15, 0.2) is 18.5 Å². The summed E-state index contributed by atoms with van der Waals surface area (Å²) in [7, 11) is 0. The molecule has 1 aromatic rings. The number of pyridine rings is 1. The number of rotatable bonds is 3. The molecule has 2 aliphatic rings. The standard InChI is InChI=1S/C14H17NO3/c1-9-4-10(8-15-7-9)5-14(13(16)17)6-11-2-3-12(14)18-11/h4,7-8,11-12H,2-3,5-6H2,1H3,(H,16,17). The molecule has 3 heterocycles.